The molecule has 8 nitrogen and oxygen atoms in total. The number of carbonyl (C=O) groups excluding carboxylic acids is 2. The first-order chi connectivity index (χ1) is 18.5. The Morgan fingerprint density at radius 3 is 2.34 bits per heavy atom. The van der Waals surface area contributed by atoms with Gasteiger partial charge in [-0.1, -0.05) is 47.6 Å². The van der Waals surface area contributed by atoms with E-state index in [1.165, 1.54) is 0 Å². The van der Waals surface area contributed by atoms with Gasteiger partial charge in [0.1, 0.15) is 17.6 Å². The molecule has 2 aromatic carbocycles. The van der Waals surface area contributed by atoms with Gasteiger partial charge in [0.2, 0.25) is 0 Å². The van der Waals surface area contributed by atoms with Crippen molar-refractivity contribution in [1.29, 1.82) is 0 Å². The third-order valence-corrected chi connectivity index (χ3v) is 7.59. The Kier molecular flexibility index (Phi) is 8.27. The first-order valence-corrected chi connectivity index (χ1v) is 13.8. The summed E-state index contributed by atoms with van der Waals surface area (Å²) in [5.74, 6) is 1.03. The van der Waals surface area contributed by atoms with Gasteiger partial charge in [-0.3, -0.25) is 14.5 Å². The number of piperidine rings is 1. The molecule has 202 valence electrons. The van der Waals surface area contributed by atoms with E-state index in [-0.39, 0.29) is 29.8 Å². The standard InChI is InChI=1S/C30H38N4O4/c1-22(2)37-28-11-7-6-10-27(28)33-18-16-32(17-19-33)21-25-20-26(31-38-25)30(36)34-14-12-24(13-15-34)29(35)23-8-4-3-5-9-23/h3-11,22,24-25H,12-21H2,1-2H3. The van der Waals surface area contributed by atoms with Crippen molar-refractivity contribution in [2.24, 2.45) is 11.1 Å². The number of nitrogens with zero attached hydrogens (tertiary/aromatic N) is 4. The van der Waals surface area contributed by atoms with Gasteiger partial charge in [0.15, 0.2) is 5.78 Å². The first kappa shape index (κ1) is 26.2. The van der Waals surface area contributed by atoms with Gasteiger partial charge < -0.3 is 19.4 Å². The molecular weight excluding hydrogens is 480 g/mol. The maximum absolute atomic E-state index is 13.1. The molecule has 2 saturated heterocycles. The Morgan fingerprint density at radius 1 is 0.947 bits per heavy atom. The Labute approximate surface area is 225 Å². The quantitative estimate of drug-likeness (QED) is 0.494. The van der Waals surface area contributed by atoms with Crippen LogP contribution in [-0.4, -0.2) is 85.2 Å². The molecule has 1 amide bonds. The number of likely N-dealkylation sites (tertiary alicyclic amines) is 1. The van der Waals surface area contributed by atoms with Crippen molar-refractivity contribution in [2.45, 2.75) is 45.3 Å². The second kappa shape index (κ2) is 12.0. The molecule has 3 aliphatic rings. The molecule has 5 rings (SSSR count). The van der Waals surface area contributed by atoms with Crippen molar-refractivity contribution in [3.05, 3.63) is 60.2 Å². The summed E-state index contributed by atoms with van der Waals surface area (Å²) in [4.78, 5) is 38.1. The normalized spacial score (nSPS) is 20.8. The Bertz CT molecular complexity index is 1140. The predicted molar refractivity (Wildman–Crippen MR) is 148 cm³/mol. The fraction of sp³-hybridized carbons (Fsp3) is 0.500. The maximum atomic E-state index is 13.1. The second-order valence-electron chi connectivity index (χ2n) is 10.7. The SMILES string of the molecule is CC(C)Oc1ccccc1N1CCN(CC2CC(C(=O)N3CCC(C(=O)c4ccccc4)CC3)=NO2)CC1. The molecule has 38 heavy (non-hydrogen) atoms. The molecule has 1 atom stereocenters. The van der Waals surface area contributed by atoms with Crippen molar-refractivity contribution in [2.75, 3.05) is 50.7 Å². The van der Waals surface area contributed by atoms with Crippen molar-refractivity contribution in [3.63, 3.8) is 0 Å². The molecule has 0 radical (unpaired) electrons. The average Bonchev–Trinajstić information content (AvgIpc) is 3.42. The van der Waals surface area contributed by atoms with E-state index in [0.717, 1.165) is 49.7 Å². The monoisotopic (exact) mass is 518 g/mol. The maximum Gasteiger partial charge on any atom is 0.271 e. The summed E-state index contributed by atoms with van der Waals surface area (Å²) in [6, 6.07) is 17.7. The number of piperazine rings is 1. The molecule has 0 N–H and O–H groups in total. The van der Waals surface area contributed by atoms with Crippen LogP contribution in [0, 0.1) is 5.92 Å². The number of anilines is 1. The number of oxime groups is 1. The summed E-state index contributed by atoms with van der Waals surface area (Å²) in [6.45, 7) is 9.67. The van der Waals surface area contributed by atoms with E-state index in [1.54, 1.807) is 0 Å². The summed E-state index contributed by atoms with van der Waals surface area (Å²) in [5.41, 5.74) is 2.40. The molecule has 0 bridgehead atoms. The summed E-state index contributed by atoms with van der Waals surface area (Å²) in [6.07, 6.45) is 1.94. The molecular formula is C30H38N4O4. The number of amides is 1. The number of rotatable bonds is 8. The van der Waals surface area contributed by atoms with E-state index in [9.17, 15) is 9.59 Å². The van der Waals surface area contributed by atoms with Crippen LogP contribution in [0.4, 0.5) is 5.69 Å². The third-order valence-electron chi connectivity index (χ3n) is 7.59. The van der Waals surface area contributed by atoms with Crippen LogP contribution >= 0.6 is 0 Å². The van der Waals surface area contributed by atoms with Gasteiger partial charge in [-0.2, -0.15) is 0 Å². The molecule has 3 heterocycles. The lowest BCUT2D eigenvalue weighted by Crippen LogP contribution is -2.49. The van der Waals surface area contributed by atoms with Crippen molar-refractivity contribution >= 4 is 23.1 Å². The fourth-order valence-corrected chi connectivity index (χ4v) is 5.55. The van der Waals surface area contributed by atoms with Crippen molar-refractivity contribution < 1.29 is 19.2 Å². The van der Waals surface area contributed by atoms with Gasteiger partial charge in [0.25, 0.3) is 5.91 Å². The second-order valence-corrected chi connectivity index (χ2v) is 10.7. The summed E-state index contributed by atoms with van der Waals surface area (Å²) < 4.78 is 6.01. The number of para-hydroxylation sites is 2. The van der Waals surface area contributed by atoms with Crippen LogP contribution < -0.4 is 9.64 Å². The molecule has 0 saturated carbocycles. The van der Waals surface area contributed by atoms with Crippen LogP contribution in [0.15, 0.2) is 59.8 Å². The predicted octanol–water partition coefficient (Wildman–Crippen LogP) is 3.86. The van der Waals surface area contributed by atoms with Crippen LogP contribution in [0.5, 0.6) is 5.75 Å². The smallest absolute Gasteiger partial charge is 0.271 e. The zero-order valence-corrected chi connectivity index (χ0v) is 22.4. The van der Waals surface area contributed by atoms with E-state index < -0.39 is 0 Å². The van der Waals surface area contributed by atoms with Crippen LogP contribution in [0.25, 0.3) is 0 Å². The van der Waals surface area contributed by atoms with Gasteiger partial charge in [-0.25, -0.2) is 0 Å². The Morgan fingerprint density at radius 2 is 1.63 bits per heavy atom. The van der Waals surface area contributed by atoms with E-state index in [0.29, 0.717) is 38.1 Å². The van der Waals surface area contributed by atoms with Crippen LogP contribution in [0.1, 0.15) is 43.5 Å². The minimum Gasteiger partial charge on any atom is -0.489 e. The molecule has 1 unspecified atom stereocenters. The Hall–Kier alpha value is -3.39. The van der Waals surface area contributed by atoms with E-state index in [4.69, 9.17) is 9.57 Å². The minimum absolute atomic E-state index is 0.0291. The van der Waals surface area contributed by atoms with Crippen molar-refractivity contribution in [1.82, 2.24) is 9.80 Å². The molecule has 3 aliphatic heterocycles. The number of ether oxygens (including phenoxy) is 1. The van der Waals surface area contributed by atoms with Crippen molar-refractivity contribution in [3.8, 4) is 5.75 Å². The minimum atomic E-state index is -0.103. The molecule has 0 spiro atoms. The molecule has 0 aliphatic carbocycles. The Balaban J connectivity index is 1.06. The van der Waals surface area contributed by atoms with Gasteiger partial charge in [0, 0.05) is 63.7 Å². The first-order valence-electron chi connectivity index (χ1n) is 13.8. The van der Waals surface area contributed by atoms with E-state index in [1.807, 2.05) is 61.2 Å². The highest BCUT2D eigenvalue weighted by molar-refractivity contribution is 6.39. The summed E-state index contributed by atoms with van der Waals surface area (Å²) in [5, 5.41) is 4.17. The number of benzene rings is 2. The van der Waals surface area contributed by atoms with Gasteiger partial charge in [-0.05, 0) is 38.8 Å². The highest BCUT2D eigenvalue weighted by Gasteiger charge is 2.34. The lowest BCUT2D eigenvalue weighted by atomic mass is 9.88. The van der Waals surface area contributed by atoms with Crippen LogP contribution in [0.3, 0.4) is 0 Å². The average molecular weight is 519 g/mol. The highest BCUT2D eigenvalue weighted by atomic mass is 16.6. The molecule has 2 aromatic rings. The highest BCUT2D eigenvalue weighted by Crippen LogP contribution is 2.30. The number of hydrogen-bond donors (Lipinski definition) is 0. The molecule has 2 fully saturated rings. The molecule has 0 aromatic heterocycles. The van der Waals surface area contributed by atoms with Crippen LogP contribution in [-0.2, 0) is 9.63 Å². The number of hydrogen-bond acceptors (Lipinski definition) is 7. The third kappa shape index (κ3) is 6.18. The lowest BCUT2D eigenvalue weighted by Gasteiger charge is -2.37. The lowest BCUT2D eigenvalue weighted by molar-refractivity contribution is -0.125. The van der Waals surface area contributed by atoms with E-state index >= 15 is 0 Å². The largest absolute Gasteiger partial charge is 0.489 e. The van der Waals surface area contributed by atoms with Gasteiger partial charge >= 0.3 is 0 Å². The molecule has 8 heteroatoms. The topological polar surface area (TPSA) is 74.7 Å². The van der Waals surface area contributed by atoms with Gasteiger partial charge in [-0.15, -0.1) is 0 Å². The number of Topliss-reactive ketones (excluding diaryl/α,β-unsaturated/α-hetero) is 1. The number of carbonyl (C=O) groups is 2. The number of ketones is 1. The zero-order chi connectivity index (χ0) is 26.5. The summed E-state index contributed by atoms with van der Waals surface area (Å²) >= 11 is 0. The van der Waals surface area contributed by atoms with Crippen LogP contribution in [0.2, 0.25) is 0 Å². The zero-order valence-electron chi connectivity index (χ0n) is 22.4. The fourth-order valence-electron chi connectivity index (χ4n) is 5.55. The van der Waals surface area contributed by atoms with E-state index in [2.05, 4.69) is 27.1 Å². The summed E-state index contributed by atoms with van der Waals surface area (Å²) in [7, 11) is 0. The van der Waals surface area contributed by atoms with Gasteiger partial charge in [0.05, 0.1) is 11.8 Å².